The van der Waals surface area contributed by atoms with E-state index < -0.39 is 24.5 Å². The van der Waals surface area contributed by atoms with Crippen molar-refractivity contribution in [2.24, 2.45) is 16.5 Å². The van der Waals surface area contributed by atoms with Gasteiger partial charge in [0.2, 0.25) is 5.91 Å². The van der Waals surface area contributed by atoms with Crippen LogP contribution in [0, 0.1) is 0 Å². The molecule has 33 heavy (non-hydrogen) atoms. The summed E-state index contributed by atoms with van der Waals surface area (Å²) >= 11 is 0. The van der Waals surface area contributed by atoms with Gasteiger partial charge in [-0.05, 0) is 22.3 Å². The number of hydrogen-bond donors (Lipinski definition) is 4. The average Bonchev–Trinajstić information content (AvgIpc) is 3.10. The van der Waals surface area contributed by atoms with E-state index in [-0.39, 0.29) is 44.5 Å². The van der Waals surface area contributed by atoms with Crippen molar-refractivity contribution in [1.29, 1.82) is 0 Å². The molecular weight excluding hydrogens is 426 g/mol. The minimum atomic E-state index is -1.16. The lowest BCUT2D eigenvalue weighted by atomic mass is 9.98. The fraction of sp³-hybridized carbons (Fsp3) is 0.304. The number of aliphatic imine (C=N–C) groups is 1. The molecule has 1 aliphatic rings. The van der Waals surface area contributed by atoms with Crippen LogP contribution in [0.25, 0.3) is 11.1 Å². The number of carbonyl (C=O) groups excluding carboxylic acids is 2. The zero-order chi connectivity index (χ0) is 23.8. The predicted molar refractivity (Wildman–Crippen MR) is 123 cm³/mol. The van der Waals surface area contributed by atoms with Gasteiger partial charge in [-0.15, -0.1) is 0 Å². The topological polar surface area (TPSA) is 160 Å². The van der Waals surface area contributed by atoms with Gasteiger partial charge >= 0.3 is 12.1 Å². The lowest BCUT2D eigenvalue weighted by Crippen LogP contribution is -2.41. The van der Waals surface area contributed by atoms with E-state index in [0.29, 0.717) is 0 Å². The van der Waals surface area contributed by atoms with Gasteiger partial charge in [-0.25, -0.2) is 4.79 Å². The quantitative estimate of drug-likeness (QED) is 0.309. The Morgan fingerprint density at radius 1 is 1.03 bits per heavy atom. The molecule has 0 aromatic heterocycles. The van der Waals surface area contributed by atoms with Gasteiger partial charge in [-0.3, -0.25) is 14.6 Å². The number of nitrogens with two attached hydrogens (primary N) is 2. The summed E-state index contributed by atoms with van der Waals surface area (Å²) in [6, 6.07) is 16.0. The Kier molecular flexibility index (Phi) is 7.85. The van der Waals surface area contributed by atoms with Crippen LogP contribution >= 0.6 is 0 Å². The van der Waals surface area contributed by atoms with Gasteiger partial charge in [-0.1, -0.05) is 48.5 Å². The van der Waals surface area contributed by atoms with Crippen molar-refractivity contribution in [1.82, 2.24) is 10.2 Å². The number of carbonyl (C=O) groups is 3. The number of carboxylic acid groups (broad SMARTS) is 1. The second-order valence-corrected chi connectivity index (χ2v) is 7.52. The number of nitrogens with zero attached hydrogens (tertiary/aromatic N) is 2. The van der Waals surface area contributed by atoms with Crippen LogP contribution in [0.3, 0.4) is 0 Å². The molecule has 0 fully saturated rings. The SMILES string of the molecule is NC(N)=NCCC(=O)N(CCNC(=O)OCC1c2ccccc2-c2ccccc21)CC(=O)O. The smallest absolute Gasteiger partial charge is 0.407 e. The van der Waals surface area contributed by atoms with E-state index in [9.17, 15) is 14.4 Å². The number of aliphatic carboxylic acids is 1. The Hall–Kier alpha value is -4.08. The van der Waals surface area contributed by atoms with Gasteiger partial charge in [0.15, 0.2) is 5.96 Å². The highest BCUT2D eigenvalue weighted by molar-refractivity contribution is 5.82. The third-order valence-corrected chi connectivity index (χ3v) is 5.29. The van der Waals surface area contributed by atoms with Gasteiger partial charge in [0, 0.05) is 25.4 Å². The number of carboxylic acids is 1. The molecule has 10 heteroatoms. The van der Waals surface area contributed by atoms with Crippen molar-refractivity contribution in [3.05, 3.63) is 59.7 Å². The normalized spacial score (nSPS) is 11.8. The first kappa shape index (κ1) is 23.6. The lowest BCUT2D eigenvalue weighted by Gasteiger charge is -2.21. The zero-order valence-corrected chi connectivity index (χ0v) is 18.1. The van der Waals surface area contributed by atoms with Crippen LogP contribution in [-0.4, -0.2) is 66.7 Å². The molecule has 10 nitrogen and oxygen atoms in total. The Bertz CT molecular complexity index is 1010. The maximum absolute atomic E-state index is 12.2. The van der Waals surface area contributed by atoms with E-state index in [4.69, 9.17) is 21.3 Å². The largest absolute Gasteiger partial charge is 0.480 e. The first-order valence-electron chi connectivity index (χ1n) is 10.5. The van der Waals surface area contributed by atoms with E-state index in [0.717, 1.165) is 27.2 Å². The average molecular weight is 453 g/mol. The van der Waals surface area contributed by atoms with Gasteiger partial charge in [0.1, 0.15) is 13.2 Å². The summed E-state index contributed by atoms with van der Waals surface area (Å²) in [5.74, 6) is -1.81. The molecule has 174 valence electrons. The van der Waals surface area contributed by atoms with Gasteiger partial charge < -0.3 is 31.5 Å². The fourth-order valence-electron chi connectivity index (χ4n) is 3.84. The summed E-state index contributed by atoms with van der Waals surface area (Å²) in [4.78, 5) is 40.4. The van der Waals surface area contributed by atoms with Crippen LogP contribution in [0.4, 0.5) is 4.79 Å². The van der Waals surface area contributed by atoms with Crippen LogP contribution in [0.1, 0.15) is 23.5 Å². The summed E-state index contributed by atoms with van der Waals surface area (Å²) in [7, 11) is 0. The van der Waals surface area contributed by atoms with Crippen LogP contribution in [0.5, 0.6) is 0 Å². The van der Waals surface area contributed by atoms with Crippen LogP contribution in [0.15, 0.2) is 53.5 Å². The van der Waals surface area contributed by atoms with Crippen LogP contribution in [-0.2, 0) is 14.3 Å². The number of benzene rings is 2. The molecule has 1 aliphatic carbocycles. The molecule has 0 saturated heterocycles. The number of amides is 2. The van der Waals surface area contributed by atoms with Crippen molar-refractivity contribution < 1.29 is 24.2 Å². The number of ether oxygens (including phenoxy) is 1. The highest BCUT2D eigenvalue weighted by atomic mass is 16.5. The van der Waals surface area contributed by atoms with Crippen molar-refractivity contribution in [3.8, 4) is 11.1 Å². The number of fused-ring (bicyclic) bond motifs is 3. The molecule has 3 rings (SSSR count). The minimum Gasteiger partial charge on any atom is -0.480 e. The van der Waals surface area contributed by atoms with E-state index in [2.05, 4.69) is 22.4 Å². The zero-order valence-electron chi connectivity index (χ0n) is 18.1. The summed E-state index contributed by atoms with van der Waals surface area (Å²) in [5.41, 5.74) is 14.9. The Labute approximate surface area is 191 Å². The van der Waals surface area contributed by atoms with E-state index in [1.807, 2.05) is 36.4 Å². The Morgan fingerprint density at radius 3 is 2.21 bits per heavy atom. The molecule has 0 saturated carbocycles. The van der Waals surface area contributed by atoms with Crippen molar-refractivity contribution in [2.45, 2.75) is 12.3 Å². The first-order chi connectivity index (χ1) is 15.9. The molecule has 6 N–H and O–H groups in total. The molecule has 0 bridgehead atoms. The summed E-state index contributed by atoms with van der Waals surface area (Å²) in [5, 5.41) is 11.6. The van der Waals surface area contributed by atoms with Crippen LogP contribution < -0.4 is 16.8 Å². The minimum absolute atomic E-state index is 0.0111. The molecule has 0 heterocycles. The molecule has 2 amide bonds. The Balaban J connectivity index is 1.51. The molecule has 0 spiro atoms. The van der Waals surface area contributed by atoms with Gasteiger partial charge in [-0.2, -0.15) is 0 Å². The highest BCUT2D eigenvalue weighted by Crippen LogP contribution is 2.44. The second kappa shape index (κ2) is 11.0. The Morgan fingerprint density at radius 2 is 1.64 bits per heavy atom. The first-order valence-corrected chi connectivity index (χ1v) is 10.5. The predicted octanol–water partition coefficient (Wildman–Crippen LogP) is 1.10. The molecule has 2 aromatic rings. The third-order valence-electron chi connectivity index (χ3n) is 5.29. The second-order valence-electron chi connectivity index (χ2n) is 7.52. The van der Waals surface area contributed by atoms with E-state index in [1.54, 1.807) is 0 Å². The van der Waals surface area contributed by atoms with Crippen molar-refractivity contribution in [2.75, 3.05) is 32.8 Å². The van der Waals surface area contributed by atoms with Crippen LogP contribution in [0.2, 0.25) is 0 Å². The van der Waals surface area contributed by atoms with Gasteiger partial charge in [0.05, 0.1) is 6.54 Å². The molecule has 0 aliphatic heterocycles. The number of rotatable bonds is 10. The fourth-order valence-corrected chi connectivity index (χ4v) is 3.84. The number of nitrogens with one attached hydrogen (secondary N) is 1. The molecule has 0 radical (unpaired) electrons. The van der Waals surface area contributed by atoms with E-state index in [1.165, 1.54) is 0 Å². The highest BCUT2D eigenvalue weighted by Gasteiger charge is 2.29. The summed E-state index contributed by atoms with van der Waals surface area (Å²) in [6.45, 7) is -0.227. The maximum atomic E-state index is 12.2. The number of hydrogen-bond acceptors (Lipinski definition) is 5. The van der Waals surface area contributed by atoms with E-state index >= 15 is 0 Å². The molecule has 0 unspecified atom stereocenters. The third kappa shape index (κ3) is 6.22. The van der Waals surface area contributed by atoms with Gasteiger partial charge in [0.25, 0.3) is 0 Å². The number of alkyl carbamates (subject to hydrolysis) is 1. The monoisotopic (exact) mass is 453 g/mol. The molecular formula is C23H27N5O5. The van der Waals surface area contributed by atoms with Crippen molar-refractivity contribution in [3.63, 3.8) is 0 Å². The summed E-state index contributed by atoms with van der Waals surface area (Å²) in [6.07, 6.45) is -0.684. The number of guanidine groups is 1. The summed E-state index contributed by atoms with van der Waals surface area (Å²) < 4.78 is 5.44. The standard InChI is InChI=1S/C23H27N5O5/c24-22(25)26-10-9-20(29)28(13-21(30)31)12-11-27-23(32)33-14-19-17-7-3-1-5-15(17)16-6-2-4-8-18(16)19/h1-8,19H,9-14H2,(H,27,32)(H,30,31)(H4,24,25,26). The molecule has 2 aromatic carbocycles. The van der Waals surface area contributed by atoms with Crippen molar-refractivity contribution >= 4 is 23.9 Å². The lowest BCUT2D eigenvalue weighted by molar-refractivity contribution is -0.144. The molecule has 0 atom stereocenters. The maximum Gasteiger partial charge on any atom is 0.407 e.